The van der Waals surface area contributed by atoms with E-state index in [4.69, 9.17) is 9.72 Å². The van der Waals surface area contributed by atoms with Crippen LogP contribution in [0.3, 0.4) is 0 Å². The third-order valence-corrected chi connectivity index (χ3v) is 6.25. The molecular formula is C24H33N3O. The van der Waals surface area contributed by atoms with Gasteiger partial charge in [0.1, 0.15) is 0 Å². The van der Waals surface area contributed by atoms with E-state index in [2.05, 4.69) is 67.1 Å². The smallest absolute Gasteiger partial charge is 0.216 e. The largest absolute Gasteiger partial charge is 0.481 e. The van der Waals surface area contributed by atoms with Crippen molar-refractivity contribution in [3.05, 3.63) is 58.8 Å². The molecule has 0 radical (unpaired) electrons. The number of hydrogen-bond donors (Lipinski definition) is 0. The Bertz CT molecular complexity index is 815. The molecule has 2 aliphatic rings. The van der Waals surface area contributed by atoms with Crippen LogP contribution >= 0.6 is 0 Å². The van der Waals surface area contributed by atoms with Crippen LogP contribution in [-0.4, -0.2) is 48.6 Å². The number of likely N-dealkylation sites (N-methyl/N-ethyl adjacent to an activating group) is 1. The van der Waals surface area contributed by atoms with Crippen LogP contribution in [0.15, 0.2) is 36.4 Å². The Kier molecular flexibility index (Phi) is 5.70. The summed E-state index contributed by atoms with van der Waals surface area (Å²) in [6.45, 7) is 8.65. The number of methoxy groups -OCH3 is 1. The lowest BCUT2D eigenvalue weighted by atomic mass is 9.91. The summed E-state index contributed by atoms with van der Waals surface area (Å²) in [7, 11) is 4.00. The van der Waals surface area contributed by atoms with E-state index in [9.17, 15) is 0 Å². The number of benzene rings is 1. The lowest BCUT2D eigenvalue weighted by molar-refractivity contribution is 0.0889. The van der Waals surface area contributed by atoms with Crippen LogP contribution in [0.2, 0.25) is 0 Å². The molecule has 2 aromatic rings. The molecular weight excluding hydrogens is 346 g/mol. The summed E-state index contributed by atoms with van der Waals surface area (Å²) < 4.78 is 5.59. The van der Waals surface area contributed by atoms with Gasteiger partial charge in [0, 0.05) is 37.8 Å². The number of rotatable bonds is 6. The highest BCUT2D eigenvalue weighted by molar-refractivity contribution is 5.35. The minimum Gasteiger partial charge on any atom is -0.481 e. The first kappa shape index (κ1) is 19.4. The third-order valence-electron chi connectivity index (χ3n) is 6.25. The Morgan fingerprint density at radius 2 is 1.86 bits per heavy atom. The highest BCUT2D eigenvalue weighted by Crippen LogP contribution is 2.43. The maximum absolute atomic E-state index is 5.59. The van der Waals surface area contributed by atoms with Crippen molar-refractivity contribution in [3.8, 4) is 5.88 Å². The van der Waals surface area contributed by atoms with Gasteiger partial charge < -0.3 is 4.74 Å². The molecule has 1 unspecified atom stereocenters. The normalized spacial score (nSPS) is 21.2. The number of piperazine rings is 1. The first-order chi connectivity index (χ1) is 13.6. The van der Waals surface area contributed by atoms with Gasteiger partial charge in [-0.3, -0.25) is 9.80 Å². The summed E-state index contributed by atoms with van der Waals surface area (Å²) in [5.74, 6) is 2.04. The van der Waals surface area contributed by atoms with Gasteiger partial charge in [-0.15, -0.1) is 0 Å². The maximum Gasteiger partial charge on any atom is 0.216 e. The summed E-state index contributed by atoms with van der Waals surface area (Å²) in [6, 6.07) is 13.8. The monoisotopic (exact) mass is 379 g/mol. The van der Waals surface area contributed by atoms with Crippen molar-refractivity contribution in [1.29, 1.82) is 0 Å². The topological polar surface area (TPSA) is 28.6 Å². The molecule has 1 saturated heterocycles. The zero-order valence-corrected chi connectivity index (χ0v) is 17.7. The molecule has 28 heavy (non-hydrogen) atoms. The summed E-state index contributed by atoms with van der Waals surface area (Å²) in [4.78, 5) is 9.88. The Morgan fingerprint density at radius 3 is 2.57 bits per heavy atom. The quantitative estimate of drug-likeness (QED) is 0.734. The highest BCUT2D eigenvalue weighted by Gasteiger charge is 2.29. The Balaban J connectivity index is 1.51. The number of nitrogens with zero attached hydrogens (tertiary/aromatic N) is 3. The molecule has 0 amide bonds. The molecule has 0 bridgehead atoms. The second-order valence-electron chi connectivity index (χ2n) is 8.69. The van der Waals surface area contributed by atoms with Crippen LogP contribution in [0, 0.1) is 0 Å². The molecule has 1 aromatic heterocycles. The summed E-state index contributed by atoms with van der Waals surface area (Å²) in [5.41, 5.74) is 5.34. The molecule has 4 rings (SSSR count). The zero-order chi connectivity index (χ0) is 19.7. The Labute approximate surface area is 169 Å². The molecule has 0 spiro atoms. The van der Waals surface area contributed by atoms with E-state index in [1.165, 1.54) is 29.5 Å². The zero-order valence-electron chi connectivity index (χ0n) is 17.7. The van der Waals surface area contributed by atoms with Gasteiger partial charge in [-0.25, -0.2) is 4.98 Å². The highest BCUT2D eigenvalue weighted by atomic mass is 16.5. The van der Waals surface area contributed by atoms with Gasteiger partial charge in [-0.2, -0.15) is 0 Å². The molecule has 1 aromatic carbocycles. The van der Waals surface area contributed by atoms with Crippen molar-refractivity contribution in [1.82, 2.24) is 14.8 Å². The number of aromatic nitrogens is 1. The van der Waals surface area contributed by atoms with Crippen molar-refractivity contribution in [2.24, 2.45) is 0 Å². The van der Waals surface area contributed by atoms with Gasteiger partial charge in [0.05, 0.1) is 12.8 Å². The van der Waals surface area contributed by atoms with Gasteiger partial charge in [-0.1, -0.05) is 44.2 Å². The van der Waals surface area contributed by atoms with Gasteiger partial charge in [0.2, 0.25) is 5.88 Å². The first-order valence-corrected chi connectivity index (χ1v) is 10.6. The molecule has 4 nitrogen and oxygen atoms in total. The Hall–Kier alpha value is -1.91. The maximum atomic E-state index is 5.59. The average Bonchev–Trinajstić information content (AvgIpc) is 3.54. The molecule has 1 aliphatic heterocycles. The van der Waals surface area contributed by atoms with Gasteiger partial charge in [-0.05, 0) is 48.9 Å². The molecule has 1 atom stereocenters. The summed E-state index contributed by atoms with van der Waals surface area (Å²) >= 11 is 0. The summed E-state index contributed by atoms with van der Waals surface area (Å²) in [5, 5.41) is 0. The molecule has 0 N–H and O–H groups in total. The van der Waals surface area contributed by atoms with E-state index >= 15 is 0 Å². The molecule has 1 saturated carbocycles. The molecule has 1 aliphatic carbocycles. The minimum atomic E-state index is 0.431. The second-order valence-corrected chi connectivity index (χ2v) is 8.69. The molecule has 2 heterocycles. The fourth-order valence-corrected chi connectivity index (χ4v) is 4.42. The van der Waals surface area contributed by atoms with Gasteiger partial charge >= 0.3 is 0 Å². The van der Waals surface area contributed by atoms with Crippen LogP contribution < -0.4 is 4.74 Å². The van der Waals surface area contributed by atoms with E-state index in [-0.39, 0.29) is 0 Å². The van der Waals surface area contributed by atoms with Crippen molar-refractivity contribution in [2.75, 3.05) is 33.8 Å². The van der Waals surface area contributed by atoms with Crippen molar-refractivity contribution < 1.29 is 4.74 Å². The lowest BCUT2D eigenvalue weighted by Crippen LogP contribution is -2.46. The van der Waals surface area contributed by atoms with E-state index in [1.807, 2.05) is 0 Å². The van der Waals surface area contributed by atoms with E-state index in [0.717, 1.165) is 37.8 Å². The number of pyridine rings is 1. The first-order valence-electron chi connectivity index (χ1n) is 10.6. The number of hydrogen-bond acceptors (Lipinski definition) is 4. The predicted molar refractivity (Wildman–Crippen MR) is 114 cm³/mol. The summed E-state index contributed by atoms with van der Waals surface area (Å²) in [6.07, 6.45) is 2.54. The average molecular weight is 380 g/mol. The van der Waals surface area contributed by atoms with E-state index in [1.54, 1.807) is 7.11 Å². The lowest BCUT2D eigenvalue weighted by Gasteiger charge is -2.40. The van der Waals surface area contributed by atoms with Crippen LogP contribution in [0.5, 0.6) is 5.88 Å². The van der Waals surface area contributed by atoms with E-state index < -0.39 is 0 Å². The van der Waals surface area contributed by atoms with Crippen LogP contribution in [-0.2, 0) is 6.54 Å². The van der Waals surface area contributed by atoms with Crippen LogP contribution in [0.25, 0.3) is 0 Å². The van der Waals surface area contributed by atoms with Gasteiger partial charge in [0.15, 0.2) is 0 Å². The fourth-order valence-electron chi connectivity index (χ4n) is 4.42. The standard InChI is InChI=1S/C24H33N3O/c1-17(2)20-7-5-6-8-22(20)23-16-27(14-13-26(23)3)15-19-11-12-21(18-9-10-18)24(25-19)28-4/h5-8,11-12,17-18,23H,9-10,13-16H2,1-4H3. The van der Waals surface area contributed by atoms with Crippen LogP contribution in [0.4, 0.5) is 0 Å². The predicted octanol–water partition coefficient (Wildman–Crippen LogP) is 4.58. The van der Waals surface area contributed by atoms with Crippen molar-refractivity contribution in [2.45, 2.75) is 51.1 Å². The molecule has 4 heteroatoms. The SMILES string of the molecule is COc1nc(CN2CCN(C)C(c3ccccc3C(C)C)C2)ccc1C1CC1. The van der Waals surface area contributed by atoms with Gasteiger partial charge in [0.25, 0.3) is 0 Å². The Morgan fingerprint density at radius 1 is 1.07 bits per heavy atom. The fraction of sp³-hybridized carbons (Fsp3) is 0.542. The number of ether oxygens (including phenoxy) is 1. The molecule has 2 fully saturated rings. The third kappa shape index (κ3) is 4.08. The van der Waals surface area contributed by atoms with E-state index in [0.29, 0.717) is 17.9 Å². The second kappa shape index (κ2) is 8.22. The molecule has 150 valence electrons. The van der Waals surface area contributed by atoms with Crippen molar-refractivity contribution >= 4 is 0 Å². The van der Waals surface area contributed by atoms with Crippen molar-refractivity contribution in [3.63, 3.8) is 0 Å². The van der Waals surface area contributed by atoms with Crippen LogP contribution in [0.1, 0.15) is 67.0 Å². The minimum absolute atomic E-state index is 0.431.